The van der Waals surface area contributed by atoms with Gasteiger partial charge in [0.15, 0.2) is 0 Å². The maximum absolute atomic E-state index is 13.4. The molecule has 0 saturated heterocycles. The van der Waals surface area contributed by atoms with Gasteiger partial charge in [-0.25, -0.2) is 9.78 Å². The van der Waals surface area contributed by atoms with Crippen LogP contribution in [0, 0.1) is 13.8 Å². The van der Waals surface area contributed by atoms with Crippen molar-refractivity contribution in [3.8, 4) is 28.1 Å². The molecule has 0 saturated carbocycles. The van der Waals surface area contributed by atoms with Crippen LogP contribution in [-0.2, 0) is 0 Å². The number of hydrogen-bond acceptors (Lipinski definition) is 3. The summed E-state index contributed by atoms with van der Waals surface area (Å²) in [7, 11) is 0. The van der Waals surface area contributed by atoms with E-state index in [1.54, 1.807) is 6.07 Å². The van der Waals surface area contributed by atoms with Gasteiger partial charge >= 0.3 is 5.97 Å². The Morgan fingerprint density at radius 1 is 0.765 bits per heavy atom. The Kier molecular flexibility index (Phi) is 5.87. The van der Waals surface area contributed by atoms with Crippen molar-refractivity contribution in [2.24, 2.45) is 0 Å². The van der Waals surface area contributed by atoms with Crippen molar-refractivity contribution in [3.63, 3.8) is 0 Å². The minimum absolute atomic E-state index is 0.417. The van der Waals surface area contributed by atoms with E-state index in [2.05, 4.69) is 6.07 Å². The summed E-state index contributed by atoms with van der Waals surface area (Å²) in [6.45, 7) is 4.02. The molecule has 3 nitrogen and oxygen atoms in total. The van der Waals surface area contributed by atoms with Crippen molar-refractivity contribution in [2.45, 2.75) is 13.8 Å². The highest BCUT2D eigenvalue weighted by Gasteiger charge is 2.18. The monoisotopic (exact) mass is 463 g/mol. The quantitative estimate of drug-likeness (QED) is 0.200. The predicted octanol–water partition coefficient (Wildman–Crippen LogP) is 8.06. The van der Waals surface area contributed by atoms with Crippen molar-refractivity contribution < 1.29 is 9.53 Å². The van der Waals surface area contributed by atoms with Crippen LogP contribution in [0.1, 0.15) is 21.5 Å². The van der Waals surface area contributed by atoms with E-state index in [4.69, 9.17) is 21.3 Å². The first-order chi connectivity index (χ1) is 16.5. The molecule has 1 aromatic heterocycles. The Hall–Kier alpha value is -3.95. The number of rotatable bonds is 4. The second-order valence-electron chi connectivity index (χ2n) is 8.32. The minimum Gasteiger partial charge on any atom is -0.423 e. The van der Waals surface area contributed by atoms with Crippen LogP contribution < -0.4 is 4.74 Å². The molecule has 4 heteroatoms. The Balaban J connectivity index is 1.54. The fraction of sp³-hybridized carbons (Fsp3) is 0.0667. The van der Waals surface area contributed by atoms with Gasteiger partial charge in [-0.15, -0.1) is 0 Å². The zero-order valence-corrected chi connectivity index (χ0v) is 19.6. The third kappa shape index (κ3) is 4.43. The number of fused-ring (bicyclic) bond motifs is 1. The van der Waals surface area contributed by atoms with Crippen LogP contribution >= 0.6 is 11.6 Å². The van der Waals surface area contributed by atoms with Gasteiger partial charge in [-0.3, -0.25) is 0 Å². The van der Waals surface area contributed by atoms with Crippen LogP contribution in [0.4, 0.5) is 0 Å². The maximum Gasteiger partial charge on any atom is 0.344 e. The Morgan fingerprint density at radius 2 is 1.41 bits per heavy atom. The van der Waals surface area contributed by atoms with E-state index in [9.17, 15) is 4.79 Å². The molecule has 5 aromatic rings. The van der Waals surface area contributed by atoms with E-state index >= 15 is 0 Å². The Morgan fingerprint density at radius 3 is 2.12 bits per heavy atom. The van der Waals surface area contributed by atoms with Crippen molar-refractivity contribution >= 4 is 28.5 Å². The number of carbonyl (C=O) groups excluding carboxylic acids is 1. The fourth-order valence-corrected chi connectivity index (χ4v) is 4.25. The number of nitrogens with zero attached hydrogens (tertiary/aromatic N) is 1. The van der Waals surface area contributed by atoms with Gasteiger partial charge in [0.05, 0.1) is 16.8 Å². The molecule has 5 rings (SSSR count). The van der Waals surface area contributed by atoms with E-state index in [1.165, 1.54) is 0 Å². The lowest BCUT2D eigenvalue weighted by Gasteiger charge is -2.13. The van der Waals surface area contributed by atoms with Crippen molar-refractivity contribution in [2.75, 3.05) is 0 Å². The molecule has 0 aliphatic carbocycles. The van der Waals surface area contributed by atoms with E-state index in [1.807, 2.05) is 98.8 Å². The van der Waals surface area contributed by atoms with Gasteiger partial charge in [-0.1, -0.05) is 77.8 Å². The summed E-state index contributed by atoms with van der Waals surface area (Å²) in [4.78, 5) is 18.2. The van der Waals surface area contributed by atoms with Gasteiger partial charge in [0, 0.05) is 16.0 Å². The first-order valence-electron chi connectivity index (χ1n) is 11.0. The number of ether oxygens (including phenoxy) is 1. The number of aromatic nitrogens is 1. The molecule has 1 heterocycles. The zero-order chi connectivity index (χ0) is 23.7. The van der Waals surface area contributed by atoms with Gasteiger partial charge in [0.2, 0.25) is 0 Å². The van der Waals surface area contributed by atoms with E-state index in [0.29, 0.717) is 22.0 Å². The van der Waals surface area contributed by atoms with Crippen LogP contribution in [0.5, 0.6) is 5.75 Å². The largest absolute Gasteiger partial charge is 0.423 e. The van der Waals surface area contributed by atoms with Crippen molar-refractivity contribution in [1.29, 1.82) is 0 Å². The molecule has 0 amide bonds. The lowest BCUT2D eigenvalue weighted by molar-refractivity contribution is 0.0737. The third-order valence-corrected chi connectivity index (χ3v) is 6.03. The minimum atomic E-state index is -0.417. The number of halogens is 1. The van der Waals surface area contributed by atoms with E-state index < -0.39 is 5.97 Å². The maximum atomic E-state index is 13.4. The highest BCUT2D eigenvalue weighted by molar-refractivity contribution is 6.30. The summed E-state index contributed by atoms with van der Waals surface area (Å²) in [5.41, 5.74) is 7.08. The average molecular weight is 464 g/mol. The molecule has 0 unspecified atom stereocenters. The molecular formula is C30H22ClNO2. The summed E-state index contributed by atoms with van der Waals surface area (Å²) in [5.74, 6) is 0.0761. The van der Waals surface area contributed by atoms with Crippen LogP contribution in [0.15, 0.2) is 97.1 Å². The topological polar surface area (TPSA) is 39.2 Å². The highest BCUT2D eigenvalue weighted by atomic mass is 35.5. The van der Waals surface area contributed by atoms with Gasteiger partial charge in [-0.2, -0.15) is 0 Å². The van der Waals surface area contributed by atoms with Crippen LogP contribution in [0.2, 0.25) is 5.02 Å². The van der Waals surface area contributed by atoms with E-state index in [-0.39, 0.29) is 0 Å². The summed E-state index contributed by atoms with van der Waals surface area (Å²) < 4.78 is 5.80. The standard InChI is InChI=1S/C30H22ClNO2/c1-19-16-20(2)29-26(17-19)27(18-28(32-29)23-8-12-24(31)13-9-23)30(33)34-25-14-10-22(11-15-25)21-6-4-3-5-7-21/h3-18H,1-2H3. The smallest absolute Gasteiger partial charge is 0.344 e. The normalized spacial score (nSPS) is 10.9. The molecule has 4 aromatic carbocycles. The first kappa shape index (κ1) is 21.9. The number of esters is 1. The predicted molar refractivity (Wildman–Crippen MR) is 138 cm³/mol. The Labute approximate surface area is 203 Å². The van der Waals surface area contributed by atoms with E-state index in [0.717, 1.165) is 38.7 Å². The number of benzene rings is 4. The van der Waals surface area contributed by atoms with Crippen LogP contribution in [-0.4, -0.2) is 11.0 Å². The second-order valence-corrected chi connectivity index (χ2v) is 8.76. The number of carbonyl (C=O) groups is 1. The average Bonchev–Trinajstić information content (AvgIpc) is 2.85. The summed E-state index contributed by atoms with van der Waals surface area (Å²) in [6.07, 6.45) is 0. The molecule has 34 heavy (non-hydrogen) atoms. The highest BCUT2D eigenvalue weighted by Crippen LogP contribution is 2.30. The first-order valence-corrected chi connectivity index (χ1v) is 11.4. The van der Waals surface area contributed by atoms with Crippen molar-refractivity contribution in [3.05, 3.63) is 119 Å². The van der Waals surface area contributed by atoms with Gasteiger partial charge in [0.1, 0.15) is 5.75 Å². The molecule has 0 radical (unpaired) electrons. The van der Waals surface area contributed by atoms with Gasteiger partial charge in [0.25, 0.3) is 0 Å². The van der Waals surface area contributed by atoms with Crippen molar-refractivity contribution in [1.82, 2.24) is 4.98 Å². The van der Waals surface area contributed by atoms with Crippen LogP contribution in [0.25, 0.3) is 33.3 Å². The van der Waals surface area contributed by atoms with Gasteiger partial charge in [-0.05, 0) is 66.9 Å². The SMILES string of the molecule is Cc1cc(C)c2nc(-c3ccc(Cl)cc3)cc(C(=O)Oc3ccc(-c4ccccc4)cc3)c2c1. The molecule has 0 N–H and O–H groups in total. The summed E-state index contributed by atoms with van der Waals surface area (Å²) >= 11 is 6.06. The molecule has 0 aliphatic rings. The Bertz CT molecular complexity index is 1490. The lowest BCUT2D eigenvalue weighted by atomic mass is 10.00. The number of hydrogen-bond donors (Lipinski definition) is 0. The fourth-order valence-electron chi connectivity index (χ4n) is 4.13. The molecule has 0 aliphatic heterocycles. The third-order valence-electron chi connectivity index (χ3n) is 5.78. The molecular weight excluding hydrogens is 442 g/mol. The molecule has 0 fully saturated rings. The molecule has 0 spiro atoms. The van der Waals surface area contributed by atoms with Crippen LogP contribution in [0.3, 0.4) is 0 Å². The molecule has 0 bridgehead atoms. The molecule has 0 atom stereocenters. The lowest BCUT2D eigenvalue weighted by Crippen LogP contribution is -2.10. The number of aryl methyl sites for hydroxylation is 2. The van der Waals surface area contributed by atoms with Gasteiger partial charge < -0.3 is 4.74 Å². The summed E-state index contributed by atoms with van der Waals surface area (Å²) in [6, 6.07) is 30.9. The second kappa shape index (κ2) is 9.12. The molecule has 166 valence electrons. The summed E-state index contributed by atoms with van der Waals surface area (Å²) in [5, 5.41) is 1.43. The number of pyridine rings is 1. The zero-order valence-electron chi connectivity index (χ0n) is 18.9.